The number of nitrogens with two attached hydrogens (primary N) is 1. The summed E-state index contributed by atoms with van der Waals surface area (Å²) in [6.07, 6.45) is 2.30. The molecule has 4 rings (SSSR count). The van der Waals surface area contributed by atoms with Crippen LogP contribution in [0.5, 0.6) is 0 Å². The number of carbonyl (C=O) groups is 4. The number of amides is 3. The molecular weight excluding hydrogens is 613 g/mol. The fourth-order valence-corrected chi connectivity index (χ4v) is 8.60. The first kappa shape index (κ1) is 33.0. The van der Waals surface area contributed by atoms with Gasteiger partial charge in [-0.3, -0.25) is 19.2 Å². The number of Topliss-reactive ketones (excluding diaryl/α,β-unsaturated/α-hetero) is 1. The third-order valence-electron chi connectivity index (χ3n) is 8.73. The minimum absolute atomic E-state index is 0.00624. The molecule has 1 saturated carbocycles. The zero-order chi connectivity index (χ0) is 31.6. The van der Waals surface area contributed by atoms with Gasteiger partial charge >= 0.3 is 0 Å². The van der Waals surface area contributed by atoms with E-state index in [0.717, 1.165) is 6.42 Å². The fourth-order valence-electron chi connectivity index (χ4n) is 6.23. The Bertz CT molecular complexity index is 1510. The van der Waals surface area contributed by atoms with Crippen LogP contribution in [0.2, 0.25) is 10.0 Å². The molecule has 9 nitrogen and oxygen atoms in total. The van der Waals surface area contributed by atoms with Crippen molar-refractivity contribution in [3.8, 4) is 0 Å². The second-order valence-electron chi connectivity index (χ2n) is 11.4. The van der Waals surface area contributed by atoms with Crippen LogP contribution in [0, 0.1) is 5.92 Å². The van der Waals surface area contributed by atoms with Crippen LogP contribution >= 0.6 is 23.2 Å². The highest BCUT2D eigenvalue weighted by Crippen LogP contribution is 2.53. The van der Waals surface area contributed by atoms with E-state index in [1.807, 2.05) is 6.92 Å². The maximum absolute atomic E-state index is 14.6. The zero-order valence-electron chi connectivity index (χ0n) is 24.3. The third-order valence-corrected chi connectivity index (χ3v) is 11.6. The predicted molar refractivity (Wildman–Crippen MR) is 164 cm³/mol. The smallest absolute Gasteiger partial charge is 0.287 e. The Balaban J connectivity index is 1.86. The van der Waals surface area contributed by atoms with Crippen LogP contribution < -0.4 is 11.1 Å². The Morgan fingerprint density at radius 2 is 1.67 bits per heavy atom. The second kappa shape index (κ2) is 13.0. The van der Waals surface area contributed by atoms with E-state index in [9.17, 15) is 27.6 Å². The van der Waals surface area contributed by atoms with Gasteiger partial charge in [0, 0.05) is 18.1 Å². The van der Waals surface area contributed by atoms with Crippen molar-refractivity contribution in [2.45, 2.75) is 79.9 Å². The number of hydrogen-bond donors (Lipinski definition) is 2. The van der Waals surface area contributed by atoms with Crippen LogP contribution in [0.15, 0.2) is 53.4 Å². The van der Waals surface area contributed by atoms with Gasteiger partial charge in [-0.05, 0) is 61.9 Å². The number of likely N-dealkylation sites (tertiary alicyclic amines) is 1. The van der Waals surface area contributed by atoms with E-state index in [1.165, 1.54) is 23.1 Å². The van der Waals surface area contributed by atoms with E-state index in [2.05, 4.69) is 5.32 Å². The summed E-state index contributed by atoms with van der Waals surface area (Å²) in [5.41, 5.74) is 3.65. The molecule has 3 amide bonds. The molecule has 2 aromatic carbocycles. The van der Waals surface area contributed by atoms with Gasteiger partial charge in [-0.15, -0.1) is 0 Å². The van der Waals surface area contributed by atoms with Crippen molar-refractivity contribution in [2.75, 3.05) is 13.1 Å². The molecule has 3 atom stereocenters. The first-order chi connectivity index (χ1) is 20.4. The van der Waals surface area contributed by atoms with Crippen LogP contribution in [-0.2, 0) is 34.4 Å². The third kappa shape index (κ3) is 6.06. The largest absolute Gasteiger partial charge is 0.368 e. The predicted octanol–water partition coefficient (Wildman–Crippen LogP) is 4.23. The van der Waals surface area contributed by atoms with E-state index < -0.39 is 68.4 Å². The van der Waals surface area contributed by atoms with Crippen LogP contribution in [0.25, 0.3) is 0 Å². The average molecular weight is 651 g/mol. The minimum atomic E-state index is -4.21. The van der Waals surface area contributed by atoms with Crippen molar-refractivity contribution in [3.05, 3.63) is 64.1 Å². The molecule has 12 heteroatoms. The highest BCUT2D eigenvalue weighted by Gasteiger charge is 2.65. The Kier molecular flexibility index (Phi) is 9.93. The summed E-state index contributed by atoms with van der Waals surface area (Å²) in [6.45, 7) is 3.58. The molecule has 43 heavy (non-hydrogen) atoms. The van der Waals surface area contributed by atoms with Gasteiger partial charge in [0.25, 0.3) is 5.91 Å². The van der Waals surface area contributed by atoms with E-state index in [1.54, 1.807) is 37.3 Å². The second-order valence-corrected chi connectivity index (χ2v) is 14.4. The maximum atomic E-state index is 14.6. The summed E-state index contributed by atoms with van der Waals surface area (Å²) in [6, 6.07) is 12.7. The number of unbranched alkanes of at least 4 members (excludes halogenated alkanes) is 1. The number of ketones is 1. The van der Waals surface area contributed by atoms with Crippen LogP contribution in [0.3, 0.4) is 0 Å². The summed E-state index contributed by atoms with van der Waals surface area (Å²) in [7, 11) is -4.21. The SMILES string of the molecule is CCCCNC(=O)C(=O)[C@@H](CCC)C1(C(N)=O)CC(S(=O)(=O)c2ccccc2Cl)CN1C(=O)C1(c2ccc(Cl)cc2)CC1. The lowest BCUT2D eigenvalue weighted by Gasteiger charge is -2.42. The van der Waals surface area contributed by atoms with E-state index in [-0.39, 0.29) is 22.9 Å². The molecule has 1 aliphatic carbocycles. The molecule has 2 fully saturated rings. The van der Waals surface area contributed by atoms with Gasteiger partial charge in [-0.1, -0.05) is 74.2 Å². The Hall–Kier alpha value is -2.95. The summed E-state index contributed by atoms with van der Waals surface area (Å²) < 4.78 is 28.0. The topological polar surface area (TPSA) is 144 Å². The molecule has 0 spiro atoms. The standard InChI is InChI=1S/C31H37Cl2N3O6S/c1-3-5-17-35-27(38)26(37)23(8-4-2)31(28(34)39)18-22(43(41,42)25-10-7-6-9-24(25)33)19-36(31)29(40)30(15-16-30)20-11-13-21(32)14-12-20/h6-7,9-14,22-23H,3-5,8,15-19H2,1-2H3,(H2,34,39)(H,35,38)/t22?,23-,31?/m1/s1. The van der Waals surface area contributed by atoms with Crippen molar-refractivity contribution in [2.24, 2.45) is 11.7 Å². The summed E-state index contributed by atoms with van der Waals surface area (Å²) in [4.78, 5) is 56.1. The lowest BCUT2D eigenvalue weighted by molar-refractivity contribution is -0.154. The van der Waals surface area contributed by atoms with Crippen LogP contribution in [-0.4, -0.2) is 60.7 Å². The van der Waals surface area contributed by atoms with Gasteiger partial charge in [-0.2, -0.15) is 0 Å². The number of nitrogens with zero attached hydrogens (tertiary/aromatic N) is 1. The molecule has 3 N–H and O–H groups in total. The Labute approximate surface area is 262 Å². The van der Waals surface area contributed by atoms with E-state index >= 15 is 0 Å². The van der Waals surface area contributed by atoms with Crippen molar-refractivity contribution in [3.63, 3.8) is 0 Å². The summed E-state index contributed by atoms with van der Waals surface area (Å²) in [5, 5.41) is 1.77. The molecule has 0 radical (unpaired) electrons. The normalized spacial score (nSPS) is 21.7. The number of halogens is 2. The molecule has 1 heterocycles. The molecular formula is C31H37Cl2N3O6S. The van der Waals surface area contributed by atoms with Crippen molar-refractivity contribution in [1.82, 2.24) is 10.2 Å². The van der Waals surface area contributed by atoms with Crippen molar-refractivity contribution in [1.29, 1.82) is 0 Å². The van der Waals surface area contributed by atoms with Gasteiger partial charge < -0.3 is 16.0 Å². The molecule has 1 aliphatic heterocycles. The van der Waals surface area contributed by atoms with E-state index in [0.29, 0.717) is 36.3 Å². The van der Waals surface area contributed by atoms with Gasteiger partial charge in [0.05, 0.1) is 26.5 Å². The number of primary amides is 1. The lowest BCUT2D eigenvalue weighted by Crippen LogP contribution is -2.64. The van der Waals surface area contributed by atoms with Crippen molar-refractivity contribution < 1.29 is 27.6 Å². The number of sulfone groups is 1. The molecule has 0 aromatic heterocycles. The quantitative estimate of drug-likeness (QED) is 0.246. The average Bonchev–Trinajstić information content (AvgIpc) is 3.68. The summed E-state index contributed by atoms with van der Waals surface area (Å²) in [5.74, 6) is -4.69. The molecule has 2 aromatic rings. The lowest BCUT2D eigenvalue weighted by atomic mass is 9.74. The molecule has 2 unspecified atom stereocenters. The molecule has 0 bridgehead atoms. The zero-order valence-corrected chi connectivity index (χ0v) is 26.6. The van der Waals surface area contributed by atoms with Crippen LogP contribution in [0.1, 0.15) is 64.4 Å². The monoisotopic (exact) mass is 649 g/mol. The van der Waals surface area contributed by atoms with E-state index in [4.69, 9.17) is 28.9 Å². The first-order valence-electron chi connectivity index (χ1n) is 14.5. The Morgan fingerprint density at radius 3 is 2.23 bits per heavy atom. The number of carbonyl (C=O) groups excluding carboxylic acids is 4. The minimum Gasteiger partial charge on any atom is -0.368 e. The highest BCUT2D eigenvalue weighted by atomic mass is 35.5. The molecule has 2 aliphatic rings. The van der Waals surface area contributed by atoms with Crippen molar-refractivity contribution >= 4 is 56.5 Å². The van der Waals surface area contributed by atoms with Gasteiger partial charge in [0.15, 0.2) is 9.84 Å². The Morgan fingerprint density at radius 1 is 1.02 bits per heavy atom. The fraction of sp³-hybridized carbons (Fsp3) is 0.484. The summed E-state index contributed by atoms with van der Waals surface area (Å²) >= 11 is 12.4. The molecule has 1 saturated heterocycles. The number of rotatable bonds is 13. The van der Waals surface area contributed by atoms with Gasteiger partial charge in [-0.25, -0.2) is 8.42 Å². The molecule has 232 valence electrons. The highest BCUT2D eigenvalue weighted by molar-refractivity contribution is 7.92. The first-order valence-corrected chi connectivity index (χ1v) is 16.9. The number of benzene rings is 2. The van der Waals surface area contributed by atoms with Crippen LogP contribution in [0.4, 0.5) is 0 Å². The number of nitrogens with one attached hydrogen (secondary N) is 1. The number of hydrogen-bond acceptors (Lipinski definition) is 6. The maximum Gasteiger partial charge on any atom is 0.287 e. The van der Waals surface area contributed by atoms with Gasteiger partial charge in [0.1, 0.15) is 5.54 Å². The van der Waals surface area contributed by atoms with Gasteiger partial charge in [0.2, 0.25) is 17.6 Å².